The van der Waals surface area contributed by atoms with Crippen LogP contribution in [-0.4, -0.2) is 9.55 Å². The highest BCUT2D eigenvalue weighted by atomic mass is 15.1. The monoisotopic (exact) mass is 376 g/mol. The van der Waals surface area contributed by atoms with E-state index in [2.05, 4.69) is 96.9 Å². The third-order valence-electron chi connectivity index (χ3n) is 6.36. The van der Waals surface area contributed by atoms with Crippen molar-refractivity contribution in [2.75, 3.05) is 0 Å². The number of rotatable bonds is 1. The minimum absolute atomic E-state index is 0.872. The molecule has 29 heavy (non-hydrogen) atoms. The van der Waals surface area contributed by atoms with E-state index in [0.29, 0.717) is 0 Å². The van der Waals surface area contributed by atoms with Crippen LogP contribution < -0.4 is 4.57 Å². The lowest BCUT2D eigenvalue weighted by atomic mass is 9.90. The molecule has 0 saturated heterocycles. The van der Waals surface area contributed by atoms with E-state index in [4.69, 9.17) is 4.98 Å². The molecule has 0 radical (unpaired) electrons. The van der Waals surface area contributed by atoms with Gasteiger partial charge in [-0.2, -0.15) is 4.57 Å². The van der Waals surface area contributed by atoms with Gasteiger partial charge in [0.05, 0.1) is 16.9 Å². The quantitative estimate of drug-likeness (QED) is 0.362. The van der Waals surface area contributed by atoms with Crippen LogP contribution in [0.25, 0.3) is 38.6 Å². The Labute approximate surface area is 169 Å². The van der Waals surface area contributed by atoms with Gasteiger partial charge >= 0.3 is 0 Å². The van der Waals surface area contributed by atoms with Crippen molar-refractivity contribution in [1.29, 1.82) is 0 Å². The zero-order chi connectivity index (χ0) is 19.7. The average Bonchev–Trinajstić information content (AvgIpc) is 3.26. The minimum Gasteiger partial charge on any atom is -0.302 e. The third-order valence-corrected chi connectivity index (χ3v) is 6.36. The van der Waals surface area contributed by atoms with Crippen molar-refractivity contribution in [2.45, 2.75) is 20.3 Å². The number of nitrogens with zero attached hydrogens (tertiary/aromatic N) is 3. The lowest BCUT2D eigenvalue weighted by molar-refractivity contribution is -0.633. The molecular weight excluding hydrogens is 354 g/mol. The fraction of sp³-hybridized carbons (Fsp3) is 0.154. The molecule has 3 nitrogen and oxygen atoms in total. The summed E-state index contributed by atoms with van der Waals surface area (Å²) in [6, 6.07) is 21.9. The Balaban J connectivity index is 1.76. The van der Waals surface area contributed by atoms with Crippen molar-refractivity contribution < 1.29 is 4.57 Å². The first-order chi connectivity index (χ1) is 14.1. The summed E-state index contributed by atoms with van der Waals surface area (Å²) in [5, 5.41) is 3.88. The molecule has 1 aliphatic rings. The van der Waals surface area contributed by atoms with Crippen LogP contribution in [0.2, 0.25) is 0 Å². The first kappa shape index (κ1) is 16.5. The summed E-state index contributed by atoms with van der Waals surface area (Å²) >= 11 is 0. The maximum Gasteiger partial charge on any atom is 0.213 e. The van der Waals surface area contributed by atoms with E-state index in [-0.39, 0.29) is 0 Å². The Bertz CT molecular complexity index is 1460. The van der Waals surface area contributed by atoms with Crippen molar-refractivity contribution in [1.82, 2.24) is 9.55 Å². The number of imidazole rings is 1. The zero-order valence-electron chi connectivity index (χ0n) is 16.9. The molecule has 5 aromatic rings. The van der Waals surface area contributed by atoms with Crippen molar-refractivity contribution in [3.63, 3.8) is 0 Å². The van der Waals surface area contributed by atoms with Gasteiger partial charge in [0.1, 0.15) is 12.9 Å². The molecule has 0 amide bonds. The Morgan fingerprint density at radius 1 is 0.897 bits per heavy atom. The second kappa shape index (κ2) is 5.77. The first-order valence-corrected chi connectivity index (χ1v) is 10.1. The molecule has 0 spiro atoms. The lowest BCUT2D eigenvalue weighted by Gasteiger charge is -2.16. The molecular formula is C26H22N3+. The van der Waals surface area contributed by atoms with Gasteiger partial charge in [-0.25, -0.2) is 4.98 Å². The Hall–Kier alpha value is -3.46. The number of para-hydroxylation sites is 1. The lowest BCUT2D eigenvalue weighted by Crippen LogP contribution is -2.32. The summed E-state index contributed by atoms with van der Waals surface area (Å²) in [4.78, 5) is 4.81. The summed E-state index contributed by atoms with van der Waals surface area (Å²) in [5.74, 6) is 1.14. The second-order valence-electron chi connectivity index (χ2n) is 8.05. The number of hydrogen-bond acceptors (Lipinski definition) is 1. The van der Waals surface area contributed by atoms with E-state index in [0.717, 1.165) is 17.9 Å². The van der Waals surface area contributed by atoms with E-state index >= 15 is 0 Å². The van der Waals surface area contributed by atoms with Crippen LogP contribution >= 0.6 is 0 Å². The maximum absolute atomic E-state index is 4.81. The number of fused-ring (bicyclic) bond motifs is 6. The summed E-state index contributed by atoms with van der Waals surface area (Å²) < 4.78 is 4.63. The van der Waals surface area contributed by atoms with E-state index in [9.17, 15) is 0 Å². The summed E-state index contributed by atoms with van der Waals surface area (Å²) in [6.45, 7) is 4.34. The number of pyridine rings is 1. The van der Waals surface area contributed by atoms with Crippen molar-refractivity contribution >= 4 is 21.7 Å². The Kier molecular flexibility index (Phi) is 3.28. The Morgan fingerprint density at radius 2 is 1.66 bits per heavy atom. The molecule has 0 aliphatic carbocycles. The summed E-state index contributed by atoms with van der Waals surface area (Å²) in [6.07, 6.45) is 3.05. The molecule has 140 valence electrons. The van der Waals surface area contributed by atoms with Gasteiger partial charge in [-0.3, -0.25) is 0 Å². The largest absolute Gasteiger partial charge is 0.302 e. The topological polar surface area (TPSA) is 21.7 Å². The van der Waals surface area contributed by atoms with Crippen molar-refractivity contribution in [2.24, 2.45) is 7.05 Å². The van der Waals surface area contributed by atoms with Gasteiger partial charge in [0.25, 0.3) is 0 Å². The SMILES string of the molecule is Cc1cn2c(n1)Cc1c(-c3ccc4ccccc4[n+]3C)c(C)c3ccccc3c1-2. The molecule has 3 heteroatoms. The van der Waals surface area contributed by atoms with Crippen LogP contribution in [0.5, 0.6) is 0 Å². The van der Waals surface area contributed by atoms with Gasteiger partial charge in [-0.1, -0.05) is 36.4 Å². The second-order valence-corrected chi connectivity index (χ2v) is 8.05. The highest BCUT2D eigenvalue weighted by molar-refractivity contribution is 6.00. The summed E-state index contributed by atoms with van der Waals surface area (Å²) in [5.41, 5.74) is 8.94. The van der Waals surface area contributed by atoms with Crippen LogP contribution in [0.3, 0.4) is 0 Å². The molecule has 1 aliphatic heterocycles. The first-order valence-electron chi connectivity index (χ1n) is 10.1. The smallest absolute Gasteiger partial charge is 0.213 e. The summed E-state index contributed by atoms with van der Waals surface area (Å²) in [7, 11) is 2.18. The van der Waals surface area contributed by atoms with Crippen molar-refractivity contribution in [3.8, 4) is 16.9 Å². The molecule has 0 atom stereocenters. The van der Waals surface area contributed by atoms with E-state index < -0.39 is 0 Å². The molecule has 2 aromatic heterocycles. The predicted octanol–water partition coefficient (Wildman–Crippen LogP) is 5.19. The van der Waals surface area contributed by atoms with Gasteiger partial charge in [-0.15, -0.1) is 0 Å². The molecule has 3 heterocycles. The van der Waals surface area contributed by atoms with E-state index in [1.54, 1.807) is 0 Å². The number of hydrogen-bond donors (Lipinski definition) is 0. The molecule has 6 rings (SSSR count). The highest BCUT2D eigenvalue weighted by Crippen LogP contribution is 2.42. The predicted molar refractivity (Wildman–Crippen MR) is 117 cm³/mol. The molecule has 0 saturated carbocycles. The van der Waals surface area contributed by atoms with Gasteiger partial charge in [0.15, 0.2) is 0 Å². The highest BCUT2D eigenvalue weighted by Gasteiger charge is 2.30. The van der Waals surface area contributed by atoms with Crippen LogP contribution in [0.4, 0.5) is 0 Å². The van der Waals surface area contributed by atoms with Crippen LogP contribution in [0.15, 0.2) is 66.9 Å². The fourth-order valence-electron chi connectivity index (χ4n) is 5.07. The standard InChI is InChI=1S/C26H22N3/c1-16-15-29-24(27-16)14-21-25(17(2)19-9-5-6-10-20(19)26(21)29)23-13-12-18-8-4-7-11-22(18)28(23)3/h4-13,15H,14H2,1-3H3/q+1. The van der Waals surface area contributed by atoms with Gasteiger partial charge in [0, 0.05) is 35.5 Å². The van der Waals surface area contributed by atoms with Gasteiger partial charge in [-0.05, 0) is 42.5 Å². The van der Waals surface area contributed by atoms with Crippen molar-refractivity contribution in [3.05, 3.63) is 89.5 Å². The van der Waals surface area contributed by atoms with E-state index in [1.807, 2.05) is 0 Å². The molecule has 0 unspecified atom stereocenters. The molecule has 0 N–H and O–H groups in total. The third kappa shape index (κ3) is 2.18. The normalized spacial score (nSPS) is 12.5. The number of benzene rings is 3. The van der Waals surface area contributed by atoms with Crippen LogP contribution in [0.1, 0.15) is 22.6 Å². The molecule has 3 aromatic carbocycles. The number of aromatic nitrogens is 3. The molecule has 0 fully saturated rings. The van der Waals surface area contributed by atoms with Gasteiger partial charge < -0.3 is 4.57 Å². The fourth-order valence-corrected chi connectivity index (χ4v) is 5.07. The van der Waals surface area contributed by atoms with E-state index in [1.165, 1.54) is 49.7 Å². The Morgan fingerprint density at radius 3 is 2.52 bits per heavy atom. The van der Waals surface area contributed by atoms with Gasteiger partial charge in [0.2, 0.25) is 11.2 Å². The molecule has 0 bridgehead atoms. The number of aryl methyl sites for hydroxylation is 3. The van der Waals surface area contributed by atoms with Crippen LogP contribution in [0, 0.1) is 13.8 Å². The average molecular weight is 376 g/mol. The maximum atomic E-state index is 4.81. The zero-order valence-corrected chi connectivity index (χ0v) is 16.9. The minimum atomic E-state index is 0.872. The van der Waals surface area contributed by atoms with Crippen LogP contribution in [-0.2, 0) is 13.5 Å².